The molecule has 1 N–H and O–H groups in total. The van der Waals surface area contributed by atoms with Crippen molar-refractivity contribution in [1.82, 2.24) is 5.32 Å². The molecule has 1 atom stereocenters. The van der Waals surface area contributed by atoms with E-state index in [-0.39, 0.29) is 0 Å². The highest BCUT2D eigenvalue weighted by molar-refractivity contribution is 5.37. The maximum Gasteiger partial charge on any atom is 0.0462 e. The van der Waals surface area contributed by atoms with Gasteiger partial charge in [0.15, 0.2) is 0 Å². The number of hydrogen-bond acceptors (Lipinski definition) is 2. The molecule has 1 aromatic carbocycles. The molecule has 1 saturated carbocycles. The summed E-state index contributed by atoms with van der Waals surface area (Å²) in [7, 11) is 1.81. The fourth-order valence-corrected chi connectivity index (χ4v) is 3.88. The summed E-state index contributed by atoms with van der Waals surface area (Å²) in [5.74, 6) is 0. The lowest BCUT2D eigenvalue weighted by molar-refractivity contribution is 0.186. The van der Waals surface area contributed by atoms with Crippen molar-refractivity contribution >= 4 is 0 Å². The Balaban J connectivity index is 1.74. The molecule has 1 fully saturated rings. The van der Waals surface area contributed by atoms with Crippen molar-refractivity contribution in [2.75, 3.05) is 20.3 Å². The van der Waals surface area contributed by atoms with Crippen LogP contribution in [0.3, 0.4) is 0 Å². The Bertz CT molecular complexity index is 455. The zero-order chi connectivity index (χ0) is 14.5. The summed E-state index contributed by atoms with van der Waals surface area (Å²) in [6.45, 7) is 2.06. The van der Waals surface area contributed by atoms with Gasteiger partial charge in [-0.1, -0.05) is 30.7 Å². The van der Waals surface area contributed by atoms with Crippen LogP contribution in [0.4, 0.5) is 0 Å². The predicted octanol–water partition coefficient (Wildman–Crippen LogP) is 3.83. The highest BCUT2D eigenvalue weighted by Crippen LogP contribution is 2.41. The summed E-state index contributed by atoms with van der Waals surface area (Å²) in [5, 5.41) is 3.82. The highest BCUT2D eigenvalue weighted by Gasteiger charge is 2.37. The molecule has 0 bridgehead atoms. The SMILES string of the molecule is COCCCCC1(CNC2CC2)CCCc2ccccc21. The number of aryl methyl sites for hydroxylation is 1. The van der Waals surface area contributed by atoms with Crippen molar-refractivity contribution < 1.29 is 4.74 Å². The Hall–Kier alpha value is -0.860. The van der Waals surface area contributed by atoms with Crippen molar-refractivity contribution in [3.8, 4) is 0 Å². The minimum absolute atomic E-state index is 0.366. The number of ether oxygens (including phenoxy) is 1. The summed E-state index contributed by atoms with van der Waals surface area (Å²) in [6.07, 6.45) is 10.5. The Morgan fingerprint density at radius 3 is 2.90 bits per heavy atom. The first-order valence-electron chi connectivity index (χ1n) is 8.65. The monoisotopic (exact) mass is 287 g/mol. The molecule has 2 aliphatic rings. The Kier molecular flexibility index (Phi) is 4.97. The molecule has 0 radical (unpaired) electrons. The van der Waals surface area contributed by atoms with Crippen molar-refractivity contribution in [2.24, 2.45) is 0 Å². The topological polar surface area (TPSA) is 21.3 Å². The number of rotatable bonds is 8. The average molecular weight is 287 g/mol. The van der Waals surface area contributed by atoms with E-state index < -0.39 is 0 Å². The molecular weight excluding hydrogens is 258 g/mol. The van der Waals surface area contributed by atoms with E-state index >= 15 is 0 Å². The van der Waals surface area contributed by atoms with Crippen LogP contribution in [0.25, 0.3) is 0 Å². The first kappa shape index (κ1) is 15.1. The molecule has 1 unspecified atom stereocenters. The summed E-state index contributed by atoms with van der Waals surface area (Å²) in [4.78, 5) is 0. The fraction of sp³-hybridized carbons (Fsp3) is 0.684. The standard InChI is InChI=1S/C19H29NO/c1-21-14-5-4-12-19(15-20-17-10-11-17)13-6-8-16-7-2-3-9-18(16)19/h2-3,7,9,17,20H,4-6,8,10-15H2,1H3. The normalized spacial score (nSPS) is 24.8. The second-order valence-corrected chi connectivity index (χ2v) is 6.90. The molecule has 2 heteroatoms. The second kappa shape index (κ2) is 6.93. The van der Waals surface area contributed by atoms with Gasteiger partial charge in [-0.05, 0) is 56.1 Å². The van der Waals surface area contributed by atoms with Crippen LogP contribution in [0.5, 0.6) is 0 Å². The van der Waals surface area contributed by atoms with Gasteiger partial charge in [0.05, 0.1) is 0 Å². The van der Waals surface area contributed by atoms with Crippen molar-refractivity contribution in [3.63, 3.8) is 0 Å². The van der Waals surface area contributed by atoms with E-state index in [1.54, 1.807) is 18.2 Å². The number of benzene rings is 1. The van der Waals surface area contributed by atoms with Crippen molar-refractivity contribution in [1.29, 1.82) is 0 Å². The van der Waals surface area contributed by atoms with E-state index in [1.807, 2.05) is 0 Å². The minimum Gasteiger partial charge on any atom is -0.385 e. The molecule has 2 aliphatic carbocycles. The average Bonchev–Trinajstić information content (AvgIpc) is 3.34. The van der Waals surface area contributed by atoms with E-state index in [9.17, 15) is 0 Å². The van der Waals surface area contributed by atoms with Gasteiger partial charge < -0.3 is 10.1 Å². The largest absolute Gasteiger partial charge is 0.385 e. The van der Waals surface area contributed by atoms with E-state index in [1.165, 1.54) is 57.9 Å². The van der Waals surface area contributed by atoms with Crippen LogP contribution in [0.15, 0.2) is 24.3 Å². The van der Waals surface area contributed by atoms with Gasteiger partial charge in [0.2, 0.25) is 0 Å². The van der Waals surface area contributed by atoms with Gasteiger partial charge in [0.1, 0.15) is 0 Å². The lowest BCUT2D eigenvalue weighted by Crippen LogP contribution is -2.41. The lowest BCUT2D eigenvalue weighted by Gasteiger charge is -2.40. The maximum atomic E-state index is 5.23. The summed E-state index contributed by atoms with van der Waals surface area (Å²) in [5.41, 5.74) is 3.58. The smallest absolute Gasteiger partial charge is 0.0462 e. The van der Waals surface area contributed by atoms with Crippen LogP contribution in [-0.4, -0.2) is 26.3 Å². The molecule has 116 valence electrons. The predicted molar refractivity (Wildman–Crippen MR) is 87.8 cm³/mol. The van der Waals surface area contributed by atoms with Crippen molar-refractivity contribution in [3.05, 3.63) is 35.4 Å². The third-order valence-electron chi connectivity index (χ3n) is 5.25. The summed E-state index contributed by atoms with van der Waals surface area (Å²) in [6, 6.07) is 9.96. The number of methoxy groups -OCH3 is 1. The van der Waals surface area contributed by atoms with Crippen LogP contribution in [0.2, 0.25) is 0 Å². The van der Waals surface area contributed by atoms with Crippen molar-refractivity contribution in [2.45, 2.75) is 62.8 Å². The van der Waals surface area contributed by atoms with Crippen LogP contribution in [-0.2, 0) is 16.6 Å². The maximum absolute atomic E-state index is 5.23. The van der Waals surface area contributed by atoms with Gasteiger partial charge in [0.25, 0.3) is 0 Å². The Labute approximate surface area is 129 Å². The zero-order valence-corrected chi connectivity index (χ0v) is 13.4. The fourth-order valence-electron chi connectivity index (χ4n) is 3.88. The molecule has 0 saturated heterocycles. The molecule has 0 heterocycles. The molecule has 0 aromatic heterocycles. The van der Waals surface area contributed by atoms with Gasteiger partial charge in [-0.15, -0.1) is 0 Å². The van der Waals surface area contributed by atoms with Crippen LogP contribution >= 0.6 is 0 Å². The first-order chi connectivity index (χ1) is 10.3. The minimum atomic E-state index is 0.366. The molecular formula is C19H29NO. The molecule has 2 nitrogen and oxygen atoms in total. The molecule has 21 heavy (non-hydrogen) atoms. The van der Waals surface area contributed by atoms with E-state index in [0.717, 1.165) is 12.6 Å². The second-order valence-electron chi connectivity index (χ2n) is 6.90. The lowest BCUT2D eigenvalue weighted by atomic mass is 9.67. The molecule has 0 aliphatic heterocycles. The third kappa shape index (κ3) is 3.67. The Morgan fingerprint density at radius 1 is 1.24 bits per heavy atom. The van der Waals surface area contributed by atoms with Gasteiger partial charge in [-0.25, -0.2) is 0 Å². The number of unbranched alkanes of at least 4 members (excludes halogenated alkanes) is 1. The molecule has 3 rings (SSSR count). The zero-order valence-electron chi connectivity index (χ0n) is 13.4. The van der Waals surface area contributed by atoms with Gasteiger partial charge in [-0.3, -0.25) is 0 Å². The van der Waals surface area contributed by atoms with E-state index in [4.69, 9.17) is 4.74 Å². The molecule has 0 amide bonds. The van der Waals surface area contributed by atoms with Gasteiger partial charge in [-0.2, -0.15) is 0 Å². The molecule has 1 aromatic rings. The molecule has 0 spiro atoms. The number of fused-ring (bicyclic) bond motifs is 1. The van der Waals surface area contributed by atoms with E-state index in [0.29, 0.717) is 5.41 Å². The summed E-state index contributed by atoms with van der Waals surface area (Å²) >= 11 is 0. The van der Waals surface area contributed by atoms with Crippen LogP contribution in [0.1, 0.15) is 56.1 Å². The first-order valence-corrected chi connectivity index (χ1v) is 8.65. The van der Waals surface area contributed by atoms with Crippen LogP contribution in [0, 0.1) is 0 Å². The number of nitrogens with one attached hydrogen (secondary N) is 1. The van der Waals surface area contributed by atoms with Gasteiger partial charge >= 0.3 is 0 Å². The quantitative estimate of drug-likeness (QED) is 0.734. The van der Waals surface area contributed by atoms with E-state index in [2.05, 4.69) is 29.6 Å². The third-order valence-corrected chi connectivity index (χ3v) is 5.25. The summed E-state index contributed by atoms with van der Waals surface area (Å²) < 4.78 is 5.23. The van der Waals surface area contributed by atoms with Crippen LogP contribution < -0.4 is 5.32 Å². The number of hydrogen-bond donors (Lipinski definition) is 1. The van der Waals surface area contributed by atoms with Gasteiger partial charge in [0, 0.05) is 31.7 Å². The highest BCUT2D eigenvalue weighted by atomic mass is 16.5. The Morgan fingerprint density at radius 2 is 2.10 bits per heavy atom.